The van der Waals surface area contributed by atoms with Crippen LogP contribution in [-0.2, 0) is 21.4 Å². The van der Waals surface area contributed by atoms with Crippen LogP contribution in [0.1, 0.15) is 55.2 Å². The average Bonchev–Trinajstić information content (AvgIpc) is 3.42. The fraction of sp³-hybridized carbons (Fsp3) is 0.500. The molecule has 0 radical (unpaired) electrons. The van der Waals surface area contributed by atoms with E-state index in [1.807, 2.05) is 12.4 Å². The van der Waals surface area contributed by atoms with Gasteiger partial charge in [-0.05, 0) is 81.0 Å². The summed E-state index contributed by atoms with van der Waals surface area (Å²) < 4.78 is 5.72. The van der Waals surface area contributed by atoms with Crippen molar-refractivity contribution in [3.63, 3.8) is 0 Å². The van der Waals surface area contributed by atoms with E-state index in [9.17, 15) is 4.79 Å². The second-order valence-corrected chi connectivity index (χ2v) is 10.4. The quantitative estimate of drug-likeness (QED) is 0.622. The maximum Gasteiger partial charge on any atom is 0.233 e. The third-order valence-electron chi connectivity index (χ3n) is 8.45. The van der Waals surface area contributed by atoms with Crippen LogP contribution in [0.5, 0.6) is 0 Å². The van der Waals surface area contributed by atoms with E-state index in [1.54, 1.807) is 0 Å². The van der Waals surface area contributed by atoms with Crippen molar-refractivity contribution in [2.24, 2.45) is 5.92 Å². The number of aromatic nitrogens is 2. The number of aromatic amines is 1. The highest BCUT2D eigenvalue weighted by Gasteiger charge is 2.51. The topological polar surface area (TPSA) is 58.2 Å². The number of rotatable bonds is 4. The lowest BCUT2D eigenvalue weighted by molar-refractivity contribution is -0.146. The molecule has 1 N–H and O–H groups in total. The number of nitrogens with zero attached hydrogens (tertiary/aromatic N) is 2. The molecular weight excluding hydrogens is 410 g/mol. The summed E-state index contributed by atoms with van der Waals surface area (Å²) in [6.45, 7) is 3.46. The van der Waals surface area contributed by atoms with Gasteiger partial charge < -0.3 is 14.6 Å². The normalized spacial score (nSPS) is 26.6. The number of H-pyrrole nitrogens is 1. The second-order valence-electron chi connectivity index (χ2n) is 10.4. The Balaban J connectivity index is 1.25. The number of carbonyl (C=O) groups excluding carboxylic acids is 1. The number of fused-ring (bicyclic) bond motifs is 3. The van der Waals surface area contributed by atoms with Gasteiger partial charge in [0, 0.05) is 43.1 Å². The molecule has 5 heterocycles. The largest absolute Gasteiger partial charge is 0.381 e. The highest BCUT2D eigenvalue weighted by Crippen LogP contribution is 2.45. The summed E-state index contributed by atoms with van der Waals surface area (Å²) in [4.78, 5) is 24.3. The van der Waals surface area contributed by atoms with Crippen molar-refractivity contribution >= 4 is 16.9 Å². The van der Waals surface area contributed by atoms with Gasteiger partial charge in [-0.1, -0.05) is 29.8 Å². The van der Waals surface area contributed by atoms with E-state index >= 15 is 0 Å². The summed E-state index contributed by atoms with van der Waals surface area (Å²) in [5, 5.41) is 1.24. The molecule has 0 spiro atoms. The molecule has 33 heavy (non-hydrogen) atoms. The number of carbonyl (C=O) groups is 1. The van der Waals surface area contributed by atoms with Crippen LogP contribution in [0.2, 0.25) is 0 Å². The predicted octanol–water partition coefficient (Wildman–Crippen LogP) is 4.93. The van der Waals surface area contributed by atoms with Crippen LogP contribution in [-0.4, -0.2) is 46.1 Å². The molecule has 0 saturated carbocycles. The van der Waals surface area contributed by atoms with Gasteiger partial charge in [-0.25, -0.2) is 4.98 Å². The Hall–Kier alpha value is -2.66. The number of hydrogen-bond donors (Lipinski definition) is 1. The second kappa shape index (κ2) is 8.28. The van der Waals surface area contributed by atoms with Gasteiger partial charge >= 0.3 is 0 Å². The molecule has 1 aromatic carbocycles. The molecule has 1 amide bonds. The monoisotopic (exact) mass is 443 g/mol. The van der Waals surface area contributed by atoms with Gasteiger partial charge in [0.15, 0.2) is 0 Å². The molecule has 3 saturated heterocycles. The fourth-order valence-electron chi connectivity index (χ4n) is 6.83. The first-order valence-electron chi connectivity index (χ1n) is 12.5. The lowest BCUT2D eigenvalue weighted by atomic mass is 9.71. The molecule has 3 aliphatic rings. The summed E-state index contributed by atoms with van der Waals surface area (Å²) >= 11 is 0. The zero-order valence-electron chi connectivity index (χ0n) is 19.4. The molecule has 2 unspecified atom stereocenters. The van der Waals surface area contributed by atoms with Crippen molar-refractivity contribution in [2.45, 2.75) is 69.4 Å². The smallest absolute Gasteiger partial charge is 0.233 e. The lowest BCUT2D eigenvalue weighted by Crippen LogP contribution is -2.56. The SMILES string of the molecule is Cc1cccc(C2(C(=O)N3C4CCC3CC(Cc3ccnc5[nH]ccc35)C4)CCOCC2)c1. The first kappa shape index (κ1) is 20.9. The van der Waals surface area contributed by atoms with Crippen LogP contribution in [0.25, 0.3) is 11.0 Å². The van der Waals surface area contributed by atoms with Crippen LogP contribution in [0.4, 0.5) is 0 Å². The summed E-state index contributed by atoms with van der Waals surface area (Å²) in [6.07, 6.45) is 11.0. The summed E-state index contributed by atoms with van der Waals surface area (Å²) in [5.74, 6) is 0.982. The molecule has 3 fully saturated rings. The molecule has 6 rings (SSSR count). The average molecular weight is 444 g/mol. The van der Waals surface area contributed by atoms with E-state index in [0.717, 1.165) is 50.6 Å². The number of ether oxygens (including phenoxy) is 1. The Bertz CT molecular complexity index is 1150. The zero-order valence-corrected chi connectivity index (χ0v) is 19.4. The molecule has 2 atom stereocenters. The molecule has 172 valence electrons. The van der Waals surface area contributed by atoms with Crippen LogP contribution in [0.15, 0.2) is 48.8 Å². The number of hydrogen-bond acceptors (Lipinski definition) is 3. The summed E-state index contributed by atoms with van der Waals surface area (Å²) in [6, 6.07) is 13.7. The zero-order chi connectivity index (χ0) is 22.4. The fourth-order valence-corrected chi connectivity index (χ4v) is 6.83. The van der Waals surface area contributed by atoms with E-state index in [1.165, 1.54) is 22.1 Å². The Kier molecular flexibility index (Phi) is 5.25. The van der Waals surface area contributed by atoms with Crippen molar-refractivity contribution in [3.8, 4) is 0 Å². The van der Waals surface area contributed by atoms with Gasteiger partial charge in [0.05, 0.1) is 5.41 Å². The van der Waals surface area contributed by atoms with Gasteiger partial charge in [-0.3, -0.25) is 4.79 Å². The first-order valence-corrected chi connectivity index (χ1v) is 12.5. The Morgan fingerprint density at radius 2 is 1.94 bits per heavy atom. The predicted molar refractivity (Wildman–Crippen MR) is 129 cm³/mol. The van der Waals surface area contributed by atoms with Crippen molar-refractivity contribution in [3.05, 3.63) is 65.5 Å². The van der Waals surface area contributed by atoms with Gasteiger partial charge in [0.25, 0.3) is 0 Å². The maximum atomic E-state index is 14.3. The third-order valence-corrected chi connectivity index (χ3v) is 8.45. The molecule has 0 aliphatic carbocycles. The van der Waals surface area contributed by atoms with Gasteiger partial charge in [-0.2, -0.15) is 0 Å². The van der Waals surface area contributed by atoms with Gasteiger partial charge in [-0.15, -0.1) is 0 Å². The van der Waals surface area contributed by atoms with Crippen molar-refractivity contribution in [1.29, 1.82) is 0 Å². The number of pyridine rings is 1. The first-order chi connectivity index (χ1) is 16.1. The molecule has 2 aromatic heterocycles. The standard InChI is InChI=1S/C28H33N3O2/c1-19-3-2-4-22(15-19)28(9-13-33-14-10-28)27(32)31-23-5-6-24(31)18-20(17-23)16-21-7-11-29-26-25(21)8-12-30-26/h2-4,7-8,11-12,15,20,23-24H,5-6,9-10,13-14,16-18H2,1H3,(H,29,30). The van der Waals surface area contributed by atoms with E-state index in [0.29, 0.717) is 37.1 Å². The van der Waals surface area contributed by atoms with Crippen LogP contribution < -0.4 is 0 Å². The summed E-state index contributed by atoms with van der Waals surface area (Å²) in [5.41, 5.74) is 4.33. The molecule has 3 aliphatic heterocycles. The highest BCUT2D eigenvalue weighted by molar-refractivity contribution is 5.89. The van der Waals surface area contributed by atoms with Crippen molar-refractivity contribution in [2.75, 3.05) is 13.2 Å². The molecule has 5 nitrogen and oxygen atoms in total. The Morgan fingerprint density at radius 1 is 1.15 bits per heavy atom. The number of nitrogens with one attached hydrogen (secondary N) is 1. The van der Waals surface area contributed by atoms with E-state index in [4.69, 9.17) is 4.74 Å². The number of amides is 1. The third kappa shape index (κ3) is 3.57. The van der Waals surface area contributed by atoms with Crippen LogP contribution in [0.3, 0.4) is 0 Å². The highest BCUT2D eigenvalue weighted by atomic mass is 16.5. The minimum Gasteiger partial charge on any atom is -0.381 e. The van der Waals surface area contributed by atoms with Crippen LogP contribution in [0, 0.1) is 12.8 Å². The minimum atomic E-state index is -0.430. The maximum absolute atomic E-state index is 14.3. The van der Waals surface area contributed by atoms with E-state index < -0.39 is 5.41 Å². The molecular formula is C28H33N3O2. The number of piperidine rings is 1. The van der Waals surface area contributed by atoms with Gasteiger partial charge in [0.2, 0.25) is 5.91 Å². The molecule has 2 bridgehead atoms. The van der Waals surface area contributed by atoms with E-state index in [-0.39, 0.29) is 0 Å². The molecule has 5 heteroatoms. The van der Waals surface area contributed by atoms with E-state index in [2.05, 4.69) is 58.2 Å². The number of benzene rings is 1. The lowest BCUT2D eigenvalue weighted by Gasteiger charge is -2.46. The summed E-state index contributed by atoms with van der Waals surface area (Å²) in [7, 11) is 0. The van der Waals surface area contributed by atoms with Crippen molar-refractivity contribution in [1.82, 2.24) is 14.9 Å². The Morgan fingerprint density at radius 3 is 2.70 bits per heavy atom. The van der Waals surface area contributed by atoms with Crippen molar-refractivity contribution < 1.29 is 9.53 Å². The van der Waals surface area contributed by atoms with Crippen LogP contribution >= 0.6 is 0 Å². The van der Waals surface area contributed by atoms with Gasteiger partial charge in [0.1, 0.15) is 5.65 Å². The Labute approximate surface area is 195 Å². The molecule has 3 aromatic rings. The number of aryl methyl sites for hydroxylation is 1. The minimum absolute atomic E-state index is 0.360.